The van der Waals surface area contributed by atoms with Gasteiger partial charge < -0.3 is 14.8 Å². The highest BCUT2D eigenvalue weighted by atomic mass is 79.9. The van der Waals surface area contributed by atoms with Gasteiger partial charge in [-0.2, -0.15) is 0 Å². The van der Waals surface area contributed by atoms with Crippen molar-refractivity contribution >= 4 is 50.7 Å². The maximum absolute atomic E-state index is 14.1. The maximum atomic E-state index is 14.1. The molecule has 0 aliphatic rings. The fourth-order valence-electron chi connectivity index (χ4n) is 3.04. The van der Waals surface area contributed by atoms with Crippen LogP contribution in [0.25, 0.3) is 0 Å². The molecule has 1 N–H and O–H groups in total. The van der Waals surface area contributed by atoms with Crippen molar-refractivity contribution in [3.8, 4) is 11.5 Å². The van der Waals surface area contributed by atoms with Gasteiger partial charge in [0, 0.05) is 32.2 Å². The van der Waals surface area contributed by atoms with Crippen LogP contribution in [0.15, 0.2) is 53.0 Å². The highest BCUT2D eigenvalue weighted by Gasteiger charge is 2.16. The van der Waals surface area contributed by atoms with Crippen molar-refractivity contribution in [2.24, 2.45) is 0 Å². The summed E-state index contributed by atoms with van der Waals surface area (Å²) in [5.74, 6) is 0.655. The van der Waals surface area contributed by atoms with E-state index in [0.717, 1.165) is 22.0 Å². The Hall–Kier alpha value is -1.50. The molecule has 0 atom stereocenters. The summed E-state index contributed by atoms with van der Waals surface area (Å²) in [6.07, 6.45) is 0.735. The number of halogens is 5. The second-order valence-corrected chi connectivity index (χ2v) is 8.81. The lowest BCUT2D eigenvalue weighted by Crippen LogP contribution is -2.18. The van der Waals surface area contributed by atoms with E-state index in [4.69, 9.17) is 44.3 Å². The molecule has 0 radical (unpaired) electrons. The van der Waals surface area contributed by atoms with Crippen LogP contribution in [-0.4, -0.2) is 13.7 Å². The predicted octanol–water partition coefficient (Wildman–Crippen LogP) is 7.47. The molecule has 3 nitrogen and oxygen atoms in total. The zero-order valence-electron chi connectivity index (χ0n) is 16.7. The van der Waals surface area contributed by atoms with Crippen molar-refractivity contribution in [1.29, 1.82) is 0 Å². The zero-order chi connectivity index (χ0) is 22.4. The lowest BCUT2D eigenvalue weighted by atomic mass is 10.1. The lowest BCUT2D eigenvalue weighted by molar-refractivity contribution is 0.276. The molecule has 3 rings (SSSR count). The topological polar surface area (TPSA) is 30.5 Å². The van der Waals surface area contributed by atoms with Gasteiger partial charge in [-0.3, -0.25) is 0 Å². The Balaban J connectivity index is 1.72. The van der Waals surface area contributed by atoms with Crippen LogP contribution in [0.3, 0.4) is 0 Å². The van der Waals surface area contributed by atoms with E-state index in [0.29, 0.717) is 45.2 Å². The molecule has 0 saturated carbocycles. The van der Waals surface area contributed by atoms with Crippen molar-refractivity contribution in [2.75, 3.05) is 13.7 Å². The Morgan fingerprint density at radius 2 is 1.81 bits per heavy atom. The first kappa shape index (κ1) is 24.1. The normalized spacial score (nSPS) is 10.9. The molecule has 0 aliphatic heterocycles. The highest BCUT2D eigenvalue weighted by Crippen LogP contribution is 2.37. The molecule has 0 fully saturated rings. The number of rotatable bonds is 9. The molecule has 3 aromatic rings. The molecule has 0 aromatic heterocycles. The van der Waals surface area contributed by atoms with Crippen LogP contribution in [-0.2, 0) is 19.6 Å². The van der Waals surface area contributed by atoms with Gasteiger partial charge in [-0.25, -0.2) is 4.39 Å². The predicted molar refractivity (Wildman–Crippen MR) is 128 cm³/mol. The standard InChI is InChI=1S/C23H20BrCl3FNO2/c1-30-22-8-7-18(24)16(12-29-10-9-14-5-6-15(25)11-20(14)27)23(22)31-13-17-19(26)3-2-4-21(17)28/h2-8,11,29H,9-10,12-13H2,1H3. The van der Waals surface area contributed by atoms with Crippen LogP contribution in [0.4, 0.5) is 4.39 Å². The monoisotopic (exact) mass is 545 g/mol. The number of nitrogens with one attached hydrogen (secondary N) is 1. The van der Waals surface area contributed by atoms with E-state index in [-0.39, 0.29) is 6.61 Å². The van der Waals surface area contributed by atoms with Crippen LogP contribution >= 0.6 is 50.7 Å². The molecule has 3 aromatic carbocycles. The summed E-state index contributed by atoms with van der Waals surface area (Å²) >= 11 is 21.9. The number of hydrogen-bond acceptors (Lipinski definition) is 3. The third-order valence-corrected chi connectivity index (χ3v) is 6.38. The Kier molecular flexibility index (Phi) is 8.87. The average molecular weight is 548 g/mol. The molecule has 0 unspecified atom stereocenters. The van der Waals surface area contributed by atoms with E-state index >= 15 is 0 Å². The van der Waals surface area contributed by atoms with E-state index < -0.39 is 5.82 Å². The van der Waals surface area contributed by atoms with Gasteiger partial charge >= 0.3 is 0 Å². The van der Waals surface area contributed by atoms with Gasteiger partial charge in [0.1, 0.15) is 12.4 Å². The van der Waals surface area contributed by atoms with Gasteiger partial charge in [-0.15, -0.1) is 0 Å². The molecule has 8 heteroatoms. The third kappa shape index (κ3) is 6.27. The van der Waals surface area contributed by atoms with Crippen LogP contribution < -0.4 is 14.8 Å². The largest absolute Gasteiger partial charge is 0.493 e. The molecule has 164 valence electrons. The minimum absolute atomic E-state index is 0.0221. The van der Waals surface area contributed by atoms with Crippen LogP contribution in [0.5, 0.6) is 11.5 Å². The van der Waals surface area contributed by atoms with E-state index in [1.54, 1.807) is 31.4 Å². The molecule has 0 bridgehead atoms. The van der Waals surface area contributed by atoms with Crippen LogP contribution in [0, 0.1) is 5.82 Å². The first-order valence-corrected chi connectivity index (χ1v) is 11.4. The van der Waals surface area contributed by atoms with Gasteiger partial charge in [0.2, 0.25) is 0 Å². The quantitative estimate of drug-likeness (QED) is 0.282. The number of hydrogen-bond donors (Lipinski definition) is 1. The molecule has 0 aliphatic carbocycles. The summed E-state index contributed by atoms with van der Waals surface area (Å²) in [5.41, 5.74) is 2.16. The first-order valence-electron chi connectivity index (χ1n) is 9.46. The summed E-state index contributed by atoms with van der Waals surface area (Å²) in [4.78, 5) is 0. The fourth-order valence-corrected chi connectivity index (χ4v) is 4.21. The molecule has 0 heterocycles. The van der Waals surface area contributed by atoms with Crippen molar-refractivity contribution in [3.05, 3.63) is 90.6 Å². The molecule has 0 amide bonds. The Bertz CT molecular complexity index is 1040. The first-order chi connectivity index (χ1) is 14.9. The van der Waals surface area contributed by atoms with Crippen molar-refractivity contribution in [3.63, 3.8) is 0 Å². The van der Waals surface area contributed by atoms with Crippen LogP contribution in [0.2, 0.25) is 15.1 Å². The van der Waals surface area contributed by atoms with Gasteiger partial charge in [-0.05, 0) is 54.9 Å². The van der Waals surface area contributed by atoms with E-state index in [9.17, 15) is 4.39 Å². The molecular weight excluding hydrogens is 528 g/mol. The molecule has 0 spiro atoms. The van der Waals surface area contributed by atoms with Crippen molar-refractivity contribution in [1.82, 2.24) is 5.32 Å². The van der Waals surface area contributed by atoms with E-state index in [1.165, 1.54) is 6.07 Å². The SMILES string of the molecule is COc1ccc(Br)c(CNCCc2ccc(Cl)cc2Cl)c1OCc1c(F)cccc1Cl. The van der Waals surface area contributed by atoms with Gasteiger partial charge in [-0.1, -0.05) is 62.9 Å². The molecule has 0 saturated heterocycles. The van der Waals surface area contributed by atoms with Gasteiger partial charge in [0.25, 0.3) is 0 Å². The minimum atomic E-state index is -0.416. The maximum Gasteiger partial charge on any atom is 0.167 e. The smallest absolute Gasteiger partial charge is 0.167 e. The number of ether oxygens (including phenoxy) is 2. The average Bonchev–Trinajstić information content (AvgIpc) is 2.73. The summed E-state index contributed by atoms with van der Waals surface area (Å²) in [7, 11) is 1.56. The summed E-state index contributed by atoms with van der Waals surface area (Å²) in [6.45, 7) is 1.17. The second-order valence-electron chi connectivity index (χ2n) is 6.71. The van der Waals surface area contributed by atoms with E-state index in [1.807, 2.05) is 18.2 Å². The summed E-state index contributed by atoms with van der Waals surface area (Å²) < 4.78 is 26.4. The van der Waals surface area contributed by atoms with Crippen LogP contribution in [0.1, 0.15) is 16.7 Å². The number of benzene rings is 3. The summed E-state index contributed by atoms with van der Waals surface area (Å²) in [6, 6.07) is 13.7. The van der Waals surface area contributed by atoms with Crippen molar-refractivity contribution in [2.45, 2.75) is 19.6 Å². The van der Waals surface area contributed by atoms with E-state index in [2.05, 4.69) is 21.2 Å². The fraction of sp³-hybridized carbons (Fsp3) is 0.217. The third-order valence-electron chi connectivity index (χ3n) is 4.70. The Labute approximate surface area is 204 Å². The summed E-state index contributed by atoms with van der Waals surface area (Å²) in [5, 5.41) is 4.95. The zero-order valence-corrected chi connectivity index (χ0v) is 20.5. The lowest BCUT2D eigenvalue weighted by Gasteiger charge is -2.18. The Morgan fingerprint density at radius 1 is 1.00 bits per heavy atom. The molecular formula is C23H20BrCl3FNO2. The molecule has 31 heavy (non-hydrogen) atoms. The number of methoxy groups -OCH3 is 1. The minimum Gasteiger partial charge on any atom is -0.493 e. The second kappa shape index (κ2) is 11.4. The van der Waals surface area contributed by atoms with Gasteiger partial charge in [0.05, 0.1) is 12.1 Å². The van der Waals surface area contributed by atoms with Crippen molar-refractivity contribution < 1.29 is 13.9 Å². The highest BCUT2D eigenvalue weighted by molar-refractivity contribution is 9.10. The Morgan fingerprint density at radius 3 is 2.52 bits per heavy atom. The van der Waals surface area contributed by atoms with Gasteiger partial charge in [0.15, 0.2) is 11.5 Å².